The highest BCUT2D eigenvalue weighted by Crippen LogP contribution is 2.30. The van der Waals surface area contributed by atoms with Crippen molar-refractivity contribution in [2.45, 2.75) is 30.9 Å². The van der Waals surface area contributed by atoms with Crippen LogP contribution in [-0.2, 0) is 9.84 Å². The van der Waals surface area contributed by atoms with Crippen LogP contribution in [0.25, 0.3) is 34.3 Å². The summed E-state index contributed by atoms with van der Waals surface area (Å²) in [6.45, 7) is 5.21. The quantitative estimate of drug-likeness (QED) is 0.449. The van der Waals surface area contributed by atoms with Gasteiger partial charge in [0.1, 0.15) is 5.75 Å². The molecule has 2 N–H and O–H groups in total. The van der Waals surface area contributed by atoms with Gasteiger partial charge in [0.2, 0.25) is 5.89 Å². The molecule has 0 aliphatic heterocycles. The van der Waals surface area contributed by atoms with E-state index in [-0.39, 0.29) is 22.3 Å². The minimum atomic E-state index is -3.36. The van der Waals surface area contributed by atoms with E-state index in [1.54, 1.807) is 45.2 Å². The van der Waals surface area contributed by atoms with Crippen molar-refractivity contribution in [2.75, 3.05) is 12.8 Å². The number of rotatable bonds is 6. The molecule has 0 fully saturated rings. The van der Waals surface area contributed by atoms with Gasteiger partial charge in [0.25, 0.3) is 5.89 Å². The SMILES string of the molecule is COc1ccc(-c2nnc(-c3nc(-c4ccc(S(=O)(=O)C(C)C)cc4)cnc3N)o2)c(C)c1. The molecular formula is C23H23N5O4S. The maximum absolute atomic E-state index is 12.4. The van der Waals surface area contributed by atoms with E-state index in [9.17, 15) is 8.42 Å². The smallest absolute Gasteiger partial charge is 0.270 e. The number of hydrogen-bond donors (Lipinski definition) is 1. The number of anilines is 1. The number of ether oxygens (including phenoxy) is 1. The van der Waals surface area contributed by atoms with Crippen LogP contribution in [0.4, 0.5) is 5.82 Å². The first-order valence-electron chi connectivity index (χ1n) is 10.2. The van der Waals surface area contributed by atoms with E-state index >= 15 is 0 Å². The molecule has 0 aliphatic carbocycles. The molecule has 0 saturated heterocycles. The van der Waals surface area contributed by atoms with Gasteiger partial charge >= 0.3 is 0 Å². The summed E-state index contributed by atoms with van der Waals surface area (Å²) in [5, 5.41) is 7.72. The largest absolute Gasteiger partial charge is 0.497 e. The lowest BCUT2D eigenvalue weighted by molar-refractivity contribution is 0.414. The van der Waals surface area contributed by atoms with Gasteiger partial charge in [-0.15, -0.1) is 10.2 Å². The third-order valence-corrected chi connectivity index (χ3v) is 7.36. The number of methoxy groups -OCH3 is 1. The molecule has 0 bridgehead atoms. The highest BCUT2D eigenvalue weighted by molar-refractivity contribution is 7.92. The Kier molecular flexibility index (Phi) is 5.86. The Bertz CT molecular complexity index is 1410. The monoisotopic (exact) mass is 465 g/mol. The summed E-state index contributed by atoms with van der Waals surface area (Å²) in [6, 6.07) is 12.0. The van der Waals surface area contributed by atoms with E-state index in [0.717, 1.165) is 16.9 Å². The standard InChI is InChI=1S/C23H23N5O4S/c1-13(2)33(29,30)17-8-5-15(6-9-17)19-12-25-21(24)20(26-19)23-28-27-22(32-23)18-10-7-16(31-4)11-14(18)3/h5-13H,1-4H3,(H2,24,25). The van der Waals surface area contributed by atoms with E-state index in [0.29, 0.717) is 17.1 Å². The van der Waals surface area contributed by atoms with Crippen molar-refractivity contribution < 1.29 is 17.6 Å². The normalized spacial score (nSPS) is 11.7. The topological polar surface area (TPSA) is 134 Å². The Morgan fingerprint density at radius 2 is 1.73 bits per heavy atom. The Balaban J connectivity index is 1.68. The summed E-state index contributed by atoms with van der Waals surface area (Å²) < 4.78 is 35.8. The molecule has 4 aromatic rings. The van der Waals surface area contributed by atoms with Gasteiger partial charge in [-0.3, -0.25) is 0 Å². The minimum absolute atomic E-state index is 0.131. The van der Waals surface area contributed by atoms with Gasteiger partial charge in [-0.25, -0.2) is 18.4 Å². The number of nitrogens with zero attached hydrogens (tertiary/aromatic N) is 4. The fourth-order valence-electron chi connectivity index (χ4n) is 3.21. The molecular weight excluding hydrogens is 442 g/mol. The van der Waals surface area contributed by atoms with E-state index in [4.69, 9.17) is 14.9 Å². The van der Waals surface area contributed by atoms with Crippen molar-refractivity contribution in [2.24, 2.45) is 0 Å². The molecule has 9 nitrogen and oxygen atoms in total. The number of aryl methyl sites for hydroxylation is 1. The van der Waals surface area contributed by atoms with Crippen LogP contribution in [0.3, 0.4) is 0 Å². The fourth-order valence-corrected chi connectivity index (χ4v) is 4.27. The second kappa shape index (κ2) is 8.62. The summed E-state index contributed by atoms with van der Waals surface area (Å²) in [5.41, 5.74) is 9.12. The van der Waals surface area contributed by atoms with Crippen LogP contribution in [0.1, 0.15) is 19.4 Å². The molecule has 2 heterocycles. The lowest BCUT2D eigenvalue weighted by Crippen LogP contribution is -2.13. The molecule has 33 heavy (non-hydrogen) atoms. The third-order valence-electron chi connectivity index (χ3n) is 5.19. The molecule has 0 amide bonds. The van der Waals surface area contributed by atoms with Crippen LogP contribution in [0.5, 0.6) is 5.75 Å². The molecule has 2 aromatic carbocycles. The van der Waals surface area contributed by atoms with Crippen LogP contribution >= 0.6 is 0 Å². The number of sulfone groups is 1. The maximum Gasteiger partial charge on any atom is 0.270 e. The molecule has 170 valence electrons. The van der Waals surface area contributed by atoms with Crippen molar-refractivity contribution in [1.82, 2.24) is 20.2 Å². The summed E-state index contributed by atoms with van der Waals surface area (Å²) in [7, 11) is -1.76. The van der Waals surface area contributed by atoms with Gasteiger partial charge in [-0.1, -0.05) is 12.1 Å². The molecule has 10 heteroatoms. The van der Waals surface area contributed by atoms with Crippen LogP contribution in [0.15, 0.2) is 58.0 Å². The van der Waals surface area contributed by atoms with E-state index in [2.05, 4.69) is 20.2 Å². The first-order chi connectivity index (χ1) is 15.7. The summed E-state index contributed by atoms with van der Waals surface area (Å²) in [4.78, 5) is 9.00. The second-order valence-electron chi connectivity index (χ2n) is 7.70. The number of nitrogens with two attached hydrogens (primary N) is 1. The molecule has 0 atom stereocenters. The Morgan fingerprint density at radius 1 is 1.03 bits per heavy atom. The Morgan fingerprint density at radius 3 is 2.36 bits per heavy atom. The zero-order valence-corrected chi connectivity index (χ0v) is 19.4. The molecule has 0 radical (unpaired) electrons. The molecule has 0 saturated carbocycles. The zero-order valence-electron chi connectivity index (χ0n) is 18.6. The second-order valence-corrected chi connectivity index (χ2v) is 10.2. The Hall–Kier alpha value is -3.79. The molecule has 2 aromatic heterocycles. The van der Waals surface area contributed by atoms with Crippen molar-refractivity contribution in [3.05, 3.63) is 54.2 Å². The van der Waals surface area contributed by atoms with Crippen LogP contribution in [0.2, 0.25) is 0 Å². The molecule has 0 aliphatic rings. The summed E-state index contributed by atoms with van der Waals surface area (Å²) >= 11 is 0. The van der Waals surface area contributed by atoms with Gasteiger partial charge in [-0.05, 0) is 56.7 Å². The summed E-state index contributed by atoms with van der Waals surface area (Å²) in [5.74, 6) is 1.32. The molecule has 0 unspecified atom stereocenters. The number of nitrogen functional groups attached to an aromatic ring is 1. The van der Waals surface area contributed by atoms with Crippen LogP contribution in [0, 0.1) is 6.92 Å². The number of benzene rings is 2. The lowest BCUT2D eigenvalue weighted by atomic mass is 10.1. The van der Waals surface area contributed by atoms with E-state index < -0.39 is 15.1 Å². The van der Waals surface area contributed by atoms with Crippen LogP contribution < -0.4 is 10.5 Å². The van der Waals surface area contributed by atoms with E-state index in [1.165, 1.54) is 6.20 Å². The average Bonchev–Trinajstić information content (AvgIpc) is 3.29. The summed E-state index contributed by atoms with van der Waals surface area (Å²) in [6.07, 6.45) is 1.51. The first-order valence-corrected chi connectivity index (χ1v) is 11.7. The lowest BCUT2D eigenvalue weighted by Gasteiger charge is -2.09. The Labute approximate surface area is 191 Å². The van der Waals surface area contributed by atoms with Gasteiger partial charge in [0, 0.05) is 11.1 Å². The minimum Gasteiger partial charge on any atom is -0.497 e. The zero-order chi connectivity index (χ0) is 23.8. The van der Waals surface area contributed by atoms with Crippen molar-refractivity contribution in [3.8, 4) is 40.0 Å². The van der Waals surface area contributed by atoms with Crippen molar-refractivity contribution in [1.29, 1.82) is 0 Å². The van der Waals surface area contributed by atoms with Crippen LogP contribution in [-0.4, -0.2) is 40.9 Å². The molecule has 0 spiro atoms. The molecule has 4 rings (SSSR count). The van der Waals surface area contributed by atoms with Gasteiger partial charge in [0.05, 0.1) is 29.1 Å². The maximum atomic E-state index is 12.4. The van der Waals surface area contributed by atoms with Gasteiger partial charge < -0.3 is 14.9 Å². The van der Waals surface area contributed by atoms with Crippen molar-refractivity contribution in [3.63, 3.8) is 0 Å². The van der Waals surface area contributed by atoms with E-state index in [1.807, 2.05) is 25.1 Å². The highest BCUT2D eigenvalue weighted by atomic mass is 32.2. The van der Waals surface area contributed by atoms with Crippen molar-refractivity contribution >= 4 is 15.7 Å². The van der Waals surface area contributed by atoms with Gasteiger partial charge in [0.15, 0.2) is 21.3 Å². The average molecular weight is 466 g/mol. The first kappa shape index (κ1) is 22.4. The van der Waals surface area contributed by atoms with Gasteiger partial charge in [-0.2, -0.15) is 0 Å². The predicted octanol–water partition coefficient (Wildman–Crippen LogP) is 3.94. The number of hydrogen-bond acceptors (Lipinski definition) is 9. The highest BCUT2D eigenvalue weighted by Gasteiger charge is 2.20. The fraction of sp³-hybridized carbons (Fsp3) is 0.217. The third kappa shape index (κ3) is 4.29. The number of aromatic nitrogens is 4. The predicted molar refractivity (Wildman–Crippen MR) is 124 cm³/mol.